The SMILES string of the molecule is CCNc1nc(NCC(C)COC)nc(-n2ccnc2)n1. The van der Waals surface area contributed by atoms with Crippen LogP contribution in [0.3, 0.4) is 0 Å². The van der Waals surface area contributed by atoms with Crippen molar-refractivity contribution in [2.24, 2.45) is 5.92 Å². The zero-order chi connectivity index (χ0) is 15.1. The summed E-state index contributed by atoms with van der Waals surface area (Å²) in [7, 11) is 1.69. The van der Waals surface area contributed by atoms with Crippen LogP contribution in [0, 0.1) is 5.92 Å². The second kappa shape index (κ2) is 7.53. The zero-order valence-corrected chi connectivity index (χ0v) is 12.6. The number of hydrogen-bond donors (Lipinski definition) is 2. The molecule has 8 heteroatoms. The van der Waals surface area contributed by atoms with Gasteiger partial charge in [-0.3, -0.25) is 4.57 Å². The molecule has 8 nitrogen and oxygen atoms in total. The molecule has 2 N–H and O–H groups in total. The van der Waals surface area contributed by atoms with E-state index < -0.39 is 0 Å². The number of ether oxygens (including phenoxy) is 1. The molecule has 0 aliphatic heterocycles. The third kappa shape index (κ3) is 4.38. The van der Waals surface area contributed by atoms with E-state index in [1.165, 1.54) is 0 Å². The van der Waals surface area contributed by atoms with Crippen LogP contribution >= 0.6 is 0 Å². The smallest absolute Gasteiger partial charge is 0.241 e. The van der Waals surface area contributed by atoms with E-state index in [0.29, 0.717) is 30.4 Å². The number of hydrogen-bond acceptors (Lipinski definition) is 7. The summed E-state index contributed by atoms with van der Waals surface area (Å²) in [6.45, 7) is 6.25. The lowest BCUT2D eigenvalue weighted by atomic mass is 10.2. The molecule has 0 aromatic carbocycles. The quantitative estimate of drug-likeness (QED) is 0.755. The molecule has 0 bridgehead atoms. The normalized spacial score (nSPS) is 12.1. The standard InChI is InChI=1S/C13H21N7O/c1-4-15-11-17-12(16-7-10(2)8-21-3)19-13(18-11)20-6-5-14-9-20/h5-6,9-10H,4,7-8H2,1-3H3,(H2,15,16,17,18,19). The first-order valence-corrected chi connectivity index (χ1v) is 6.94. The molecule has 0 aliphatic carbocycles. The van der Waals surface area contributed by atoms with E-state index in [0.717, 1.165) is 13.1 Å². The van der Waals surface area contributed by atoms with Gasteiger partial charge in [-0.25, -0.2) is 4.98 Å². The highest BCUT2D eigenvalue weighted by atomic mass is 16.5. The van der Waals surface area contributed by atoms with Crippen LogP contribution < -0.4 is 10.6 Å². The predicted molar refractivity (Wildman–Crippen MR) is 80.6 cm³/mol. The third-order valence-corrected chi connectivity index (χ3v) is 2.75. The highest BCUT2D eigenvalue weighted by Crippen LogP contribution is 2.09. The van der Waals surface area contributed by atoms with Crippen LogP contribution in [0.25, 0.3) is 5.95 Å². The topological polar surface area (TPSA) is 89.8 Å². The lowest BCUT2D eigenvalue weighted by molar-refractivity contribution is 0.164. The van der Waals surface area contributed by atoms with Crippen LogP contribution in [-0.2, 0) is 4.74 Å². The number of rotatable bonds is 8. The van der Waals surface area contributed by atoms with Crippen molar-refractivity contribution in [3.8, 4) is 5.95 Å². The van der Waals surface area contributed by atoms with E-state index >= 15 is 0 Å². The molecular weight excluding hydrogens is 270 g/mol. The molecule has 0 aliphatic rings. The van der Waals surface area contributed by atoms with Crippen LogP contribution in [-0.4, -0.2) is 51.3 Å². The van der Waals surface area contributed by atoms with Crippen molar-refractivity contribution in [2.75, 3.05) is 37.4 Å². The molecule has 0 saturated carbocycles. The molecule has 2 heterocycles. The van der Waals surface area contributed by atoms with Gasteiger partial charge in [-0.2, -0.15) is 15.0 Å². The predicted octanol–water partition coefficient (Wildman–Crippen LogP) is 1.18. The second-order valence-corrected chi connectivity index (χ2v) is 4.72. The summed E-state index contributed by atoms with van der Waals surface area (Å²) in [5.41, 5.74) is 0. The molecule has 21 heavy (non-hydrogen) atoms. The maximum Gasteiger partial charge on any atom is 0.241 e. The highest BCUT2D eigenvalue weighted by molar-refractivity contribution is 5.37. The minimum atomic E-state index is 0.367. The number of methoxy groups -OCH3 is 1. The Kier molecular flexibility index (Phi) is 5.44. The Morgan fingerprint density at radius 1 is 1.24 bits per heavy atom. The minimum Gasteiger partial charge on any atom is -0.384 e. The van der Waals surface area contributed by atoms with Crippen LogP contribution in [0.4, 0.5) is 11.9 Å². The monoisotopic (exact) mass is 291 g/mol. The Morgan fingerprint density at radius 3 is 2.62 bits per heavy atom. The van der Waals surface area contributed by atoms with Gasteiger partial charge < -0.3 is 15.4 Å². The van der Waals surface area contributed by atoms with Gasteiger partial charge in [-0.1, -0.05) is 6.92 Å². The van der Waals surface area contributed by atoms with Gasteiger partial charge in [-0.05, 0) is 12.8 Å². The summed E-state index contributed by atoms with van der Waals surface area (Å²) < 4.78 is 6.86. The van der Waals surface area contributed by atoms with E-state index in [1.54, 1.807) is 30.4 Å². The fraction of sp³-hybridized carbons (Fsp3) is 0.538. The van der Waals surface area contributed by atoms with Gasteiger partial charge in [0.15, 0.2) is 0 Å². The molecular formula is C13H21N7O. The van der Waals surface area contributed by atoms with Crippen LogP contribution in [0.2, 0.25) is 0 Å². The van der Waals surface area contributed by atoms with Crippen molar-refractivity contribution in [3.05, 3.63) is 18.7 Å². The Balaban J connectivity index is 2.16. The van der Waals surface area contributed by atoms with E-state index in [2.05, 4.69) is 37.5 Å². The van der Waals surface area contributed by atoms with Gasteiger partial charge in [0.1, 0.15) is 6.33 Å². The summed E-state index contributed by atoms with van der Waals surface area (Å²) in [5, 5.41) is 6.32. The number of nitrogens with zero attached hydrogens (tertiary/aromatic N) is 5. The summed E-state index contributed by atoms with van der Waals surface area (Å²) in [5.74, 6) is 1.97. The lowest BCUT2D eigenvalue weighted by Crippen LogP contribution is -2.18. The summed E-state index contributed by atoms with van der Waals surface area (Å²) in [6.07, 6.45) is 5.13. The molecule has 1 unspecified atom stereocenters. The van der Waals surface area contributed by atoms with Gasteiger partial charge >= 0.3 is 0 Å². The molecule has 0 spiro atoms. The number of nitrogens with one attached hydrogen (secondary N) is 2. The van der Waals surface area contributed by atoms with Crippen LogP contribution in [0.15, 0.2) is 18.7 Å². The number of anilines is 2. The van der Waals surface area contributed by atoms with Crippen LogP contribution in [0.1, 0.15) is 13.8 Å². The lowest BCUT2D eigenvalue weighted by Gasteiger charge is -2.13. The van der Waals surface area contributed by atoms with E-state index in [1.807, 2.05) is 6.92 Å². The van der Waals surface area contributed by atoms with E-state index in [9.17, 15) is 0 Å². The fourth-order valence-electron chi connectivity index (χ4n) is 1.78. The fourth-order valence-corrected chi connectivity index (χ4v) is 1.78. The molecule has 0 fully saturated rings. The maximum atomic E-state index is 5.12. The Bertz CT molecular complexity index is 543. The molecule has 114 valence electrons. The Hall–Kier alpha value is -2.22. The van der Waals surface area contributed by atoms with Crippen molar-refractivity contribution in [2.45, 2.75) is 13.8 Å². The van der Waals surface area contributed by atoms with Gasteiger partial charge in [0.2, 0.25) is 17.8 Å². The van der Waals surface area contributed by atoms with Gasteiger partial charge in [-0.15, -0.1) is 0 Å². The first-order chi connectivity index (χ1) is 10.2. The zero-order valence-electron chi connectivity index (χ0n) is 12.6. The van der Waals surface area contributed by atoms with Crippen molar-refractivity contribution >= 4 is 11.9 Å². The van der Waals surface area contributed by atoms with E-state index in [-0.39, 0.29) is 0 Å². The van der Waals surface area contributed by atoms with E-state index in [4.69, 9.17) is 4.74 Å². The summed E-state index contributed by atoms with van der Waals surface area (Å²) in [4.78, 5) is 17.1. The molecule has 2 aromatic heterocycles. The maximum absolute atomic E-state index is 5.12. The third-order valence-electron chi connectivity index (χ3n) is 2.75. The molecule has 2 aromatic rings. The highest BCUT2D eigenvalue weighted by Gasteiger charge is 2.09. The first kappa shape index (κ1) is 15.2. The average Bonchev–Trinajstić information content (AvgIpc) is 3.00. The summed E-state index contributed by atoms with van der Waals surface area (Å²) >= 11 is 0. The van der Waals surface area contributed by atoms with Gasteiger partial charge in [0.05, 0.1) is 6.61 Å². The summed E-state index contributed by atoms with van der Waals surface area (Å²) in [6, 6.07) is 0. The molecule has 0 amide bonds. The number of imidazole rings is 1. The molecule has 0 radical (unpaired) electrons. The van der Waals surface area contributed by atoms with Crippen LogP contribution in [0.5, 0.6) is 0 Å². The molecule has 0 saturated heterocycles. The van der Waals surface area contributed by atoms with Crippen molar-refractivity contribution < 1.29 is 4.74 Å². The van der Waals surface area contributed by atoms with Gasteiger partial charge in [0.25, 0.3) is 0 Å². The average molecular weight is 291 g/mol. The van der Waals surface area contributed by atoms with Crippen molar-refractivity contribution in [1.82, 2.24) is 24.5 Å². The number of aromatic nitrogens is 5. The molecule has 2 rings (SSSR count). The Labute approximate surface area is 124 Å². The Morgan fingerprint density at radius 2 is 2.00 bits per heavy atom. The van der Waals surface area contributed by atoms with Crippen molar-refractivity contribution in [1.29, 1.82) is 0 Å². The second-order valence-electron chi connectivity index (χ2n) is 4.72. The minimum absolute atomic E-state index is 0.367. The first-order valence-electron chi connectivity index (χ1n) is 6.94. The largest absolute Gasteiger partial charge is 0.384 e. The van der Waals surface area contributed by atoms with Gasteiger partial charge in [0, 0.05) is 32.6 Å². The van der Waals surface area contributed by atoms with Crippen molar-refractivity contribution in [3.63, 3.8) is 0 Å². The molecule has 1 atom stereocenters.